The van der Waals surface area contributed by atoms with Gasteiger partial charge < -0.3 is 19.7 Å². The number of rotatable bonds is 5. The number of fused-ring (bicyclic) bond motifs is 1. The van der Waals surface area contributed by atoms with Gasteiger partial charge in [-0.25, -0.2) is 9.97 Å². The van der Waals surface area contributed by atoms with Crippen molar-refractivity contribution in [2.45, 2.75) is 37.8 Å². The van der Waals surface area contributed by atoms with E-state index in [0.717, 1.165) is 68.7 Å². The van der Waals surface area contributed by atoms with E-state index in [0.29, 0.717) is 12.1 Å². The monoisotopic (exact) mass is 406 g/mol. The third kappa shape index (κ3) is 4.28. The summed E-state index contributed by atoms with van der Waals surface area (Å²) in [5, 5.41) is 3.74. The van der Waals surface area contributed by atoms with Crippen LogP contribution in [0.5, 0.6) is 6.01 Å². The van der Waals surface area contributed by atoms with Gasteiger partial charge in [0.05, 0.1) is 24.4 Å². The summed E-state index contributed by atoms with van der Waals surface area (Å²) in [5.41, 5.74) is 4.07. The third-order valence-corrected chi connectivity index (χ3v) is 5.78. The van der Waals surface area contributed by atoms with E-state index in [4.69, 9.17) is 9.47 Å². The maximum atomic E-state index is 5.93. The van der Waals surface area contributed by atoms with Gasteiger partial charge in [0.2, 0.25) is 0 Å². The van der Waals surface area contributed by atoms with Crippen molar-refractivity contribution in [2.75, 3.05) is 36.5 Å². The normalized spacial score (nSPS) is 22.1. The summed E-state index contributed by atoms with van der Waals surface area (Å²) in [7, 11) is 0. The van der Waals surface area contributed by atoms with E-state index in [9.17, 15) is 0 Å². The van der Waals surface area contributed by atoms with Gasteiger partial charge >= 0.3 is 6.01 Å². The Hall–Kier alpha value is -3.00. The lowest BCUT2D eigenvalue weighted by Gasteiger charge is -2.31. The second-order valence-electron chi connectivity index (χ2n) is 7.78. The fraction of sp³-hybridized carbons (Fsp3) is 0.455. The maximum absolute atomic E-state index is 5.93. The third-order valence-electron chi connectivity index (χ3n) is 5.78. The second-order valence-corrected chi connectivity index (χ2v) is 7.78. The van der Waals surface area contributed by atoms with E-state index in [2.05, 4.69) is 42.3 Å². The number of anilines is 2. The van der Waals surface area contributed by atoms with Crippen LogP contribution in [0.2, 0.25) is 0 Å². The number of hydrogen-bond donors (Lipinski definition) is 1. The lowest BCUT2D eigenvalue weighted by molar-refractivity contribution is 0.122. The number of nitrogens with one attached hydrogen (secondary N) is 1. The zero-order valence-electron chi connectivity index (χ0n) is 16.9. The number of benzene rings is 1. The van der Waals surface area contributed by atoms with Crippen LogP contribution < -0.4 is 15.0 Å². The van der Waals surface area contributed by atoms with Crippen molar-refractivity contribution in [1.29, 1.82) is 0 Å². The van der Waals surface area contributed by atoms with Crippen LogP contribution in [0.25, 0.3) is 11.0 Å². The molecule has 0 amide bonds. The molecule has 8 nitrogen and oxygen atoms in total. The van der Waals surface area contributed by atoms with Gasteiger partial charge in [-0.05, 0) is 43.9 Å². The molecule has 1 saturated carbocycles. The number of nitrogens with zero attached hydrogens (tertiary/aromatic N) is 5. The van der Waals surface area contributed by atoms with E-state index < -0.39 is 0 Å². The molecular formula is C22H26N6O2. The van der Waals surface area contributed by atoms with E-state index in [1.807, 2.05) is 0 Å². The molecule has 1 aromatic carbocycles. The molecule has 0 bridgehead atoms. The van der Waals surface area contributed by atoms with Crippen LogP contribution in [0.4, 0.5) is 11.4 Å². The molecule has 0 atom stereocenters. The first-order chi connectivity index (χ1) is 14.8. The van der Waals surface area contributed by atoms with E-state index in [-0.39, 0.29) is 6.10 Å². The number of aromatic nitrogens is 4. The SMILES string of the molecule is c1cnc(O[C@H]2CC[C@@H](Nc3cc(N4CCOCC4)cc4nccnc34)CC2)nc1. The molecule has 1 aliphatic carbocycles. The number of hydrogen-bond acceptors (Lipinski definition) is 8. The smallest absolute Gasteiger partial charge is 0.316 e. The Balaban J connectivity index is 1.29. The first-order valence-corrected chi connectivity index (χ1v) is 10.6. The molecule has 8 heteroatoms. The van der Waals surface area contributed by atoms with Gasteiger partial charge in [-0.15, -0.1) is 0 Å². The fourth-order valence-electron chi connectivity index (χ4n) is 4.21. The first-order valence-electron chi connectivity index (χ1n) is 10.6. The number of ether oxygens (including phenoxy) is 2. The van der Waals surface area contributed by atoms with Crippen molar-refractivity contribution in [3.63, 3.8) is 0 Å². The van der Waals surface area contributed by atoms with Crippen LogP contribution in [0, 0.1) is 0 Å². The molecule has 30 heavy (non-hydrogen) atoms. The summed E-state index contributed by atoms with van der Waals surface area (Å²) in [6, 6.07) is 6.98. The molecule has 0 unspecified atom stereocenters. The second kappa shape index (κ2) is 8.79. The summed E-state index contributed by atoms with van der Waals surface area (Å²) in [6.45, 7) is 3.32. The molecule has 2 aliphatic rings. The van der Waals surface area contributed by atoms with E-state index >= 15 is 0 Å². The highest BCUT2D eigenvalue weighted by Crippen LogP contribution is 2.31. The lowest BCUT2D eigenvalue weighted by Crippen LogP contribution is -2.36. The first kappa shape index (κ1) is 19.0. The van der Waals surface area contributed by atoms with Crippen LogP contribution in [0.15, 0.2) is 43.0 Å². The Labute approximate surface area is 175 Å². The van der Waals surface area contributed by atoms with Crippen molar-refractivity contribution >= 4 is 22.4 Å². The molecule has 5 rings (SSSR count). The largest absolute Gasteiger partial charge is 0.460 e. The number of morpholine rings is 1. The average Bonchev–Trinajstić information content (AvgIpc) is 2.81. The van der Waals surface area contributed by atoms with Gasteiger partial charge in [-0.1, -0.05) is 0 Å². The molecule has 2 fully saturated rings. The molecular weight excluding hydrogens is 380 g/mol. The fourth-order valence-corrected chi connectivity index (χ4v) is 4.21. The van der Waals surface area contributed by atoms with Gasteiger partial charge in [0.25, 0.3) is 0 Å². The standard InChI is InChI=1S/C22H26N6O2/c1-6-25-22(26-7-1)30-18-4-2-16(3-5-18)27-20-15-17(28-10-12-29-13-11-28)14-19-21(20)24-9-8-23-19/h1,6-9,14-16,18,27H,2-5,10-13H2/t16-,18+. The molecule has 0 spiro atoms. The molecule has 156 valence electrons. The van der Waals surface area contributed by atoms with Crippen LogP contribution in [-0.2, 0) is 4.74 Å². The topological polar surface area (TPSA) is 85.3 Å². The van der Waals surface area contributed by atoms with Gasteiger partial charge in [-0.2, -0.15) is 0 Å². The molecule has 0 radical (unpaired) electrons. The van der Waals surface area contributed by atoms with E-state index in [1.165, 1.54) is 5.69 Å². The van der Waals surface area contributed by atoms with E-state index in [1.54, 1.807) is 30.9 Å². The quantitative estimate of drug-likeness (QED) is 0.692. The average molecular weight is 406 g/mol. The minimum absolute atomic E-state index is 0.168. The predicted molar refractivity (Wildman–Crippen MR) is 115 cm³/mol. The van der Waals surface area contributed by atoms with Crippen LogP contribution >= 0.6 is 0 Å². The Morgan fingerprint density at radius 2 is 1.67 bits per heavy atom. The Bertz CT molecular complexity index is 972. The van der Waals surface area contributed by atoms with Crippen molar-refractivity contribution in [1.82, 2.24) is 19.9 Å². The molecule has 2 aromatic heterocycles. The summed E-state index contributed by atoms with van der Waals surface area (Å²) < 4.78 is 11.4. The highest BCUT2D eigenvalue weighted by Gasteiger charge is 2.24. The Kier molecular flexibility index (Phi) is 5.56. The minimum Gasteiger partial charge on any atom is -0.460 e. The van der Waals surface area contributed by atoms with Crippen LogP contribution in [0.3, 0.4) is 0 Å². The summed E-state index contributed by atoms with van der Waals surface area (Å²) >= 11 is 0. The summed E-state index contributed by atoms with van der Waals surface area (Å²) in [4.78, 5) is 19.8. The van der Waals surface area contributed by atoms with Crippen molar-refractivity contribution in [3.05, 3.63) is 43.0 Å². The predicted octanol–water partition coefficient (Wildman–Crippen LogP) is 3.06. The lowest BCUT2D eigenvalue weighted by atomic mass is 9.92. The molecule has 1 saturated heterocycles. The molecule has 1 aliphatic heterocycles. The van der Waals surface area contributed by atoms with Crippen molar-refractivity contribution in [2.24, 2.45) is 0 Å². The molecule has 3 aromatic rings. The van der Waals surface area contributed by atoms with Crippen molar-refractivity contribution in [3.8, 4) is 6.01 Å². The van der Waals surface area contributed by atoms with Crippen molar-refractivity contribution < 1.29 is 9.47 Å². The van der Waals surface area contributed by atoms with Gasteiger partial charge in [0, 0.05) is 49.6 Å². The molecule has 3 heterocycles. The highest BCUT2D eigenvalue weighted by molar-refractivity contribution is 5.91. The Morgan fingerprint density at radius 1 is 0.900 bits per heavy atom. The maximum Gasteiger partial charge on any atom is 0.316 e. The highest BCUT2D eigenvalue weighted by atomic mass is 16.5. The summed E-state index contributed by atoms with van der Waals surface area (Å²) in [6.07, 6.45) is 11.1. The van der Waals surface area contributed by atoms with Crippen LogP contribution in [0.1, 0.15) is 25.7 Å². The zero-order chi connectivity index (χ0) is 20.2. The molecule has 1 N–H and O–H groups in total. The van der Waals surface area contributed by atoms with Gasteiger partial charge in [0.1, 0.15) is 11.6 Å². The minimum atomic E-state index is 0.168. The van der Waals surface area contributed by atoms with Crippen LogP contribution in [-0.4, -0.2) is 58.4 Å². The zero-order valence-corrected chi connectivity index (χ0v) is 16.9. The summed E-state index contributed by atoms with van der Waals surface area (Å²) in [5.74, 6) is 0. The van der Waals surface area contributed by atoms with Gasteiger partial charge in [0.15, 0.2) is 0 Å². The Morgan fingerprint density at radius 3 is 2.47 bits per heavy atom. The van der Waals surface area contributed by atoms with Gasteiger partial charge in [-0.3, -0.25) is 9.97 Å².